The predicted molar refractivity (Wildman–Crippen MR) is 120 cm³/mol. The number of hydrogen-bond donors (Lipinski definition) is 1. The number of aryl methyl sites for hydroxylation is 1. The van der Waals surface area contributed by atoms with Gasteiger partial charge in [0.1, 0.15) is 5.75 Å². The summed E-state index contributed by atoms with van der Waals surface area (Å²) in [6.07, 6.45) is 1.94. The number of carbonyl (C=O) groups is 1. The summed E-state index contributed by atoms with van der Waals surface area (Å²) in [4.78, 5) is 12.5. The molecule has 1 N–H and O–H groups in total. The van der Waals surface area contributed by atoms with Crippen LogP contribution in [0.5, 0.6) is 5.75 Å². The van der Waals surface area contributed by atoms with Gasteiger partial charge in [-0.25, -0.2) is 0 Å². The van der Waals surface area contributed by atoms with E-state index in [-0.39, 0.29) is 5.91 Å². The fourth-order valence-corrected chi connectivity index (χ4v) is 3.85. The SMILES string of the molecule is CC[C@@H](C)Sc1nnc(CNC(=O)c2ccc(OC)cc2)n1CCc1ccccc1. The molecule has 1 atom stereocenters. The Labute approximate surface area is 182 Å². The first kappa shape index (κ1) is 21.9. The van der Waals surface area contributed by atoms with Crippen molar-refractivity contribution in [1.29, 1.82) is 0 Å². The Balaban J connectivity index is 1.71. The Bertz CT molecular complexity index is 942. The minimum absolute atomic E-state index is 0.147. The van der Waals surface area contributed by atoms with Gasteiger partial charge in [-0.1, -0.05) is 55.9 Å². The first-order valence-electron chi connectivity index (χ1n) is 10.2. The van der Waals surface area contributed by atoms with Crippen LogP contribution in [0.4, 0.5) is 0 Å². The molecule has 0 spiro atoms. The van der Waals surface area contributed by atoms with Gasteiger partial charge in [0.05, 0.1) is 13.7 Å². The Morgan fingerprint density at radius 3 is 2.53 bits per heavy atom. The summed E-state index contributed by atoms with van der Waals surface area (Å²) in [5, 5.41) is 13.1. The third-order valence-corrected chi connectivity index (χ3v) is 6.15. The average molecular weight is 425 g/mol. The number of carbonyl (C=O) groups excluding carboxylic acids is 1. The van der Waals surface area contributed by atoms with Gasteiger partial charge in [-0.15, -0.1) is 10.2 Å². The molecule has 1 aromatic heterocycles. The minimum atomic E-state index is -0.147. The van der Waals surface area contributed by atoms with Gasteiger partial charge in [-0.2, -0.15) is 0 Å². The predicted octanol–water partition coefficient (Wildman–Crippen LogP) is 4.35. The molecule has 1 amide bonds. The Morgan fingerprint density at radius 1 is 1.13 bits per heavy atom. The van der Waals surface area contributed by atoms with Crippen molar-refractivity contribution in [3.8, 4) is 5.75 Å². The molecule has 30 heavy (non-hydrogen) atoms. The highest BCUT2D eigenvalue weighted by Crippen LogP contribution is 2.24. The van der Waals surface area contributed by atoms with Crippen molar-refractivity contribution >= 4 is 17.7 Å². The number of hydrogen-bond acceptors (Lipinski definition) is 5. The van der Waals surface area contributed by atoms with Crippen LogP contribution in [-0.4, -0.2) is 33.0 Å². The van der Waals surface area contributed by atoms with Gasteiger partial charge in [-0.05, 0) is 42.7 Å². The van der Waals surface area contributed by atoms with Crippen molar-refractivity contribution in [3.63, 3.8) is 0 Å². The summed E-state index contributed by atoms with van der Waals surface area (Å²) in [7, 11) is 1.60. The highest BCUT2D eigenvalue weighted by Gasteiger charge is 2.16. The van der Waals surface area contributed by atoms with Crippen LogP contribution < -0.4 is 10.1 Å². The second-order valence-corrected chi connectivity index (χ2v) is 8.44. The number of ether oxygens (including phenoxy) is 1. The van der Waals surface area contributed by atoms with E-state index in [9.17, 15) is 4.79 Å². The van der Waals surface area contributed by atoms with Gasteiger partial charge in [0, 0.05) is 17.4 Å². The fourth-order valence-electron chi connectivity index (χ4n) is 2.91. The zero-order valence-electron chi connectivity index (χ0n) is 17.7. The first-order valence-corrected chi connectivity index (χ1v) is 11.0. The van der Waals surface area contributed by atoms with Crippen molar-refractivity contribution < 1.29 is 9.53 Å². The summed E-state index contributed by atoms with van der Waals surface area (Å²) in [5.41, 5.74) is 1.85. The Kier molecular flexibility index (Phi) is 7.90. The van der Waals surface area contributed by atoms with E-state index in [2.05, 4.69) is 46.1 Å². The van der Waals surface area contributed by atoms with Gasteiger partial charge in [0.25, 0.3) is 5.91 Å². The number of rotatable bonds is 10. The molecule has 0 saturated carbocycles. The topological polar surface area (TPSA) is 69.0 Å². The minimum Gasteiger partial charge on any atom is -0.497 e. The second-order valence-electron chi connectivity index (χ2n) is 7.03. The maximum atomic E-state index is 12.5. The van der Waals surface area contributed by atoms with Gasteiger partial charge < -0.3 is 14.6 Å². The molecule has 0 unspecified atom stereocenters. The number of nitrogens with zero attached hydrogens (tertiary/aromatic N) is 3. The van der Waals surface area contributed by atoms with Crippen molar-refractivity contribution in [2.45, 2.75) is 50.2 Å². The molecule has 0 radical (unpaired) electrons. The molecule has 0 aliphatic heterocycles. The van der Waals surface area contributed by atoms with E-state index in [0.29, 0.717) is 17.4 Å². The second kappa shape index (κ2) is 10.8. The van der Waals surface area contributed by atoms with Crippen LogP contribution in [0.15, 0.2) is 59.8 Å². The first-order chi connectivity index (χ1) is 14.6. The van der Waals surface area contributed by atoms with E-state index < -0.39 is 0 Å². The molecule has 0 bridgehead atoms. The Morgan fingerprint density at radius 2 is 1.87 bits per heavy atom. The maximum absolute atomic E-state index is 12.5. The number of methoxy groups -OCH3 is 1. The number of amides is 1. The number of aromatic nitrogens is 3. The van der Waals surface area contributed by atoms with Crippen LogP contribution in [0.2, 0.25) is 0 Å². The third-order valence-electron chi connectivity index (χ3n) is 4.90. The van der Waals surface area contributed by atoms with Gasteiger partial charge in [-0.3, -0.25) is 4.79 Å². The van der Waals surface area contributed by atoms with E-state index >= 15 is 0 Å². The van der Waals surface area contributed by atoms with Crippen molar-refractivity contribution in [2.75, 3.05) is 7.11 Å². The van der Waals surface area contributed by atoms with Gasteiger partial charge in [0.2, 0.25) is 0 Å². The number of thioether (sulfide) groups is 1. The summed E-state index contributed by atoms with van der Waals surface area (Å²) >= 11 is 1.72. The van der Waals surface area contributed by atoms with Crippen LogP contribution in [0.1, 0.15) is 42.0 Å². The molecule has 7 heteroatoms. The fraction of sp³-hybridized carbons (Fsp3) is 0.348. The van der Waals surface area contributed by atoms with Crippen LogP contribution in [0, 0.1) is 0 Å². The molecular formula is C23H28N4O2S. The summed E-state index contributed by atoms with van der Waals surface area (Å²) in [6, 6.07) is 17.4. The molecular weight excluding hydrogens is 396 g/mol. The van der Waals surface area contributed by atoms with E-state index in [1.165, 1.54) is 5.56 Å². The lowest BCUT2D eigenvalue weighted by Gasteiger charge is -2.13. The summed E-state index contributed by atoms with van der Waals surface area (Å²) in [5.74, 6) is 1.34. The monoisotopic (exact) mass is 424 g/mol. The maximum Gasteiger partial charge on any atom is 0.251 e. The summed E-state index contributed by atoms with van der Waals surface area (Å²) in [6.45, 7) is 5.45. The van der Waals surface area contributed by atoms with E-state index in [1.807, 2.05) is 18.2 Å². The quantitative estimate of drug-likeness (QED) is 0.490. The van der Waals surface area contributed by atoms with E-state index in [4.69, 9.17) is 4.74 Å². The lowest BCUT2D eigenvalue weighted by atomic mass is 10.1. The molecule has 3 rings (SSSR count). The molecule has 158 valence electrons. The van der Waals surface area contributed by atoms with Gasteiger partial charge in [0.15, 0.2) is 11.0 Å². The molecule has 0 aliphatic carbocycles. The molecule has 0 saturated heterocycles. The smallest absolute Gasteiger partial charge is 0.251 e. The molecule has 1 heterocycles. The average Bonchev–Trinajstić information content (AvgIpc) is 3.17. The van der Waals surface area contributed by atoms with Crippen molar-refractivity contribution in [2.24, 2.45) is 0 Å². The lowest BCUT2D eigenvalue weighted by Crippen LogP contribution is -2.25. The lowest BCUT2D eigenvalue weighted by molar-refractivity contribution is 0.0949. The highest BCUT2D eigenvalue weighted by atomic mass is 32.2. The molecule has 3 aromatic rings. The Hall–Kier alpha value is -2.80. The van der Waals surface area contributed by atoms with Crippen LogP contribution in [-0.2, 0) is 19.5 Å². The standard InChI is InChI=1S/C23H28N4O2S/c1-4-17(2)30-23-26-25-21(27(23)15-14-18-8-6-5-7-9-18)16-24-22(28)19-10-12-20(29-3)13-11-19/h5-13,17H,4,14-16H2,1-3H3,(H,24,28)/t17-/m1/s1. The van der Waals surface area contributed by atoms with Crippen LogP contribution >= 0.6 is 11.8 Å². The zero-order chi connectivity index (χ0) is 21.3. The highest BCUT2D eigenvalue weighted by molar-refractivity contribution is 7.99. The molecule has 0 fully saturated rings. The number of benzene rings is 2. The van der Waals surface area contributed by atoms with E-state index in [0.717, 1.165) is 36.1 Å². The van der Waals surface area contributed by atoms with Crippen LogP contribution in [0.25, 0.3) is 0 Å². The molecule has 2 aromatic carbocycles. The van der Waals surface area contributed by atoms with Gasteiger partial charge >= 0.3 is 0 Å². The van der Waals surface area contributed by atoms with Crippen molar-refractivity contribution in [1.82, 2.24) is 20.1 Å². The summed E-state index contributed by atoms with van der Waals surface area (Å²) < 4.78 is 7.27. The normalized spacial score (nSPS) is 11.8. The van der Waals surface area contributed by atoms with Crippen molar-refractivity contribution in [3.05, 3.63) is 71.5 Å². The van der Waals surface area contributed by atoms with Crippen LogP contribution in [0.3, 0.4) is 0 Å². The largest absolute Gasteiger partial charge is 0.497 e. The molecule has 6 nitrogen and oxygen atoms in total. The third kappa shape index (κ3) is 5.86. The number of nitrogens with one attached hydrogen (secondary N) is 1. The molecule has 0 aliphatic rings. The zero-order valence-corrected chi connectivity index (χ0v) is 18.5. The van der Waals surface area contributed by atoms with E-state index in [1.54, 1.807) is 43.1 Å².